The Labute approximate surface area is 126 Å². The number of aldehydes is 1. The summed E-state index contributed by atoms with van der Waals surface area (Å²) in [6.45, 7) is 0.445. The molecule has 0 aliphatic carbocycles. The normalized spacial score (nSPS) is 17.8. The van der Waals surface area contributed by atoms with E-state index in [1.165, 1.54) is 11.0 Å². The number of aromatic hydroxyl groups is 1. The maximum absolute atomic E-state index is 13.7. The zero-order valence-electron chi connectivity index (χ0n) is 11.7. The van der Waals surface area contributed by atoms with Crippen LogP contribution in [0, 0.1) is 5.82 Å². The van der Waals surface area contributed by atoms with Gasteiger partial charge < -0.3 is 10.0 Å². The van der Waals surface area contributed by atoms with E-state index < -0.39 is 11.6 Å². The number of amides is 1. The first-order valence-electron chi connectivity index (χ1n) is 6.96. The first-order valence-corrected chi connectivity index (χ1v) is 6.96. The second kappa shape index (κ2) is 5.60. The Morgan fingerprint density at radius 1 is 1.23 bits per heavy atom. The van der Waals surface area contributed by atoms with Gasteiger partial charge in [0.1, 0.15) is 0 Å². The van der Waals surface area contributed by atoms with Crippen LogP contribution in [0.4, 0.5) is 10.1 Å². The van der Waals surface area contributed by atoms with E-state index in [1.54, 1.807) is 0 Å². The molecular formula is C17H14FNO3. The van der Waals surface area contributed by atoms with Gasteiger partial charge >= 0.3 is 0 Å². The molecule has 2 aromatic carbocycles. The fraction of sp³-hybridized carbons (Fsp3) is 0.176. The average Bonchev–Trinajstić information content (AvgIpc) is 2.92. The van der Waals surface area contributed by atoms with E-state index in [0.29, 0.717) is 24.9 Å². The van der Waals surface area contributed by atoms with Crippen molar-refractivity contribution in [3.63, 3.8) is 0 Å². The standard InChI is InChI=1S/C17H14FNO3/c18-15-9-13(8-12(10-20)16(15)21)19-7-6-14(17(19)22)11-4-2-1-3-5-11/h1-5,8-10,14,21H,6-7H2. The maximum Gasteiger partial charge on any atom is 0.234 e. The van der Waals surface area contributed by atoms with Gasteiger partial charge in [-0.25, -0.2) is 4.39 Å². The molecule has 1 aliphatic rings. The molecule has 0 radical (unpaired) electrons. The average molecular weight is 299 g/mol. The molecule has 0 bridgehead atoms. The molecule has 3 rings (SSSR count). The van der Waals surface area contributed by atoms with Gasteiger partial charge in [-0.3, -0.25) is 9.59 Å². The molecule has 0 saturated carbocycles. The number of halogens is 1. The van der Waals surface area contributed by atoms with Crippen molar-refractivity contribution in [1.82, 2.24) is 0 Å². The van der Waals surface area contributed by atoms with Gasteiger partial charge in [0.25, 0.3) is 0 Å². The van der Waals surface area contributed by atoms with Gasteiger partial charge in [0.2, 0.25) is 5.91 Å². The molecule has 0 spiro atoms. The Morgan fingerprint density at radius 3 is 2.64 bits per heavy atom. The number of hydrogen-bond acceptors (Lipinski definition) is 3. The van der Waals surface area contributed by atoms with Gasteiger partial charge in [0.05, 0.1) is 11.5 Å². The maximum atomic E-state index is 13.7. The molecule has 5 heteroatoms. The van der Waals surface area contributed by atoms with Gasteiger partial charge in [0, 0.05) is 18.3 Å². The quantitative estimate of drug-likeness (QED) is 0.887. The summed E-state index contributed by atoms with van der Waals surface area (Å²) in [6, 6.07) is 11.8. The number of carbonyl (C=O) groups excluding carboxylic acids is 2. The first kappa shape index (κ1) is 14.3. The monoisotopic (exact) mass is 299 g/mol. The molecule has 1 saturated heterocycles. The summed E-state index contributed by atoms with van der Waals surface area (Å²) in [5.41, 5.74) is 1.05. The highest BCUT2D eigenvalue weighted by molar-refractivity contribution is 6.01. The van der Waals surface area contributed by atoms with Crippen molar-refractivity contribution >= 4 is 17.9 Å². The summed E-state index contributed by atoms with van der Waals surface area (Å²) in [6.07, 6.45) is 0.999. The van der Waals surface area contributed by atoms with Crippen LogP contribution in [0.25, 0.3) is 0 Å². The van der Waals surface area contributed by atoms with Crippen LogP contribution in [0.2, 0.25) is 0 Å². The molecule has 1 atom stereocenters. The van der Waals surface area contributed by atoms with Gasteiger partial charge in [-0.1, -0.05) is 30.3 Å². The van der Waals surface area contributed by atoms with Crippen LogP contribution in [-0.4, -0.2) is 23.8 Å². The highest BCUT2D eigenvalue weighted by atomic mass is 19.1. The van der Waals surface area contributed by atoms with E-state index in [-0.39, 0.29) is 17.4 Å². The fourth-order valence-corrected chi connectivity index (χ4v) is 2.78. The fourth-order valence-electron chi connectivity index (χ4n) is 2.78. The number of benzene rings is 2. The van der Waals surface area contributed by atoms with Crippen molar-refractivity contribution in [3.05, 3.63) is 59.4 Å². The molecule has 2 aromatic rings. The van der Waals surface area contributed by atoms with Crippen molar-refractivity contribution < 1.29 is 19.1 Å². The second-order valence-electron chi connectivity index (χ2n) is 5.23. The van der Waals surface area contributed by atoms with E-state index in [1.807, 2.05) is 30.3 Å². The molecule has 1 aliphatic heterocycles. The van der Waals surface area contributed by atoms with Crippen LogP contribution in [0.3, 0.4) is 0 Å². The highest BCUT2D eigenvalue weighted by Gasteiger charge is 2.34. The third-order valence-electron chi connectivity index (χ3n) is 3.92. The molecular weight excluding hydrogens is 285 g/mol. The third-order valence-corrected chi connectivity index (χ3v) is 3.92. The summed E-state index contributed by atoms with van der Waals surface area (Å²) >= 11 is 0. The molecule has 1 amide bonds. The summed E-state index contributed by atoms with van der Waals surface area (Å²) in [5, 5.41) is 9.45. The SMILES string of the molecule is O=Cc1cc(N2CCC(c3ccccc3)C2=O)cc(F)c1O. The van der Waals surface area contributed by atoms with Gasteiger partial charge in [-0.2, -0.15) is 0 Å². The van der Waals surface area contributed by atoms with Crippen LogP contribution in [-0.2, 0) is 4.79 Å². The van der Waals surface area contributed by atoms with E-state index in [2.05, 4.69) is 0 Å². The lowest BCUT2D eigenvalue weighted by atomic mass is 9.98. The third kappa shape index (κ3) is 2.35. The molecule has 1 unspecified atom stereocenters. The molecule has 4 nitrogen and oxygen atoms in total. The van der Waals surface area contributed by atoms with E-state index in [9.17, 15) is 19.1 Å². The van der Waals surface area contributed by atoms with E-state index in [4.69, 9.17) is 0 Å². The van der Waals surface area contributed by atoms with Crippen molar-refractivity contribution in [1.29, 1.82) is 0 Å². The summed E-state index contributed by atoms with van der Waals surface area (Å²) < 4.78 is 13.7. The predicted molar refractivity (Wildman–Crippen MR) is 79.6 cm³/mol. The molecule has 0 aromatic heterocycles. The Morgan fingerprint density at radius 2 is 1.95 bits per heavy atom. The van der Waals surface area contributed by atoms with E-state index in [0.717, 1.165) is 11.6 Å². The Hall–Kier alpha value is -2.69. The van der Waals surface area contributed by atoms with Crippen molar-refractivity contribution in [3.8, 4) is 5.75 Å². The van der Waals surface area contributed by atoms with Crippen molar-refractivity contribution in [2.75, 3.05) is 11.4 Å². The minimum atomic E-state index is -0.907. The van der Waals surface area contributed by atoms with Crippen LogP contribution in [0.5, 0.6) is 5.75 Å². The molecule has 1 heterocycles. The highest BCUT2D eigenvalue weighted by Crippen LogP contribution is 2.34. The zero-order valence-corrected chi connectivity index (χ0v) is 11.7. The van der Waals surface area contributed by atoms with Gasteiger partial charge in [-0.05, 0) is 18.1 Å². The largest absolute Gasteiger partial charge is 0.504 e. The smallest absolute Gasteiger partial charge is 0.234 e. The number of carbonyl (C=O) groups is 2. The van der Waals surface area contributed by atoms with Crippen LogP contribution >= 0.6 is 0 Å². The number of rotatable bonds is 3. The van der Waals surface area contributed by atoms with Gasteiger partial charge in [0.15, 0.2) is 17.9 Å². The lowest BCUT2D eigenvalue weighted by Gasteiger charge is -2.18. The number of nitrogens with zero attached hydrogens (tertiary/aromatic N) is 1. The number of anilines is 1. The van der Waals surface area contributed by atoms with E-state index >= 15 is 0 Å². The number of hydrogen-bond donors (Lipinski definition) is 1. The number of phenolic OH excluding ortho intramolecular Hbond substituents is 1. The minimum absolute atomic E-state index is 0.131. The second-order valence-corrected chi connectivity index (χ2v) is 5.23. The molecule has 1 fully saturated rings. The van der Waals surface area contributed by atoms with Crippen LogP contribution in [0.15, 0.2) is 42.5 Å². The van der Waals surface area contributed by atoms with Crippen molar-refractivity contribution in [2.45, 2.75) is 12.3 Å². The first-order chi connectivity index (χ1) is 10.6. The molecule has 112 valence electrons. The summed E-state index contributed by atoms with van der Waals surface area (Å²) in [5.74, 6) is -1.99. The summed E-state index contributed by atoms with van der Waals surface area (Å²) in [4.78, 5) is 24.9. The molecule has 1 N–H and O–H groups in total. The van der Waals surface area contributed by atoms with Gasteiger partial charge in [-0.15, -0.1) is 0 Å². The van der Waals surface area contributed by atoms with Crippen LogP contribution in [0.1, 0.15) is 28.3 Å². The lowest BCUT2D eigenvalue weighted by molar-refractivity contribution is -0.118. The summed E-state index contributed by atoms with van der Waals surface area (Å²) in [7, 11) is 0. The van der Waals surface area contributed by atoms with Crippen LogP contribution < -0.4 is 4.90 Å². The minimum Gasteiger partial charge on any atom is -0.504 e. The Kier molecular flexibility index (Phi) is 3.63. The Bertz CT molecular complexity index is 730. The predicted octanol–water partition coefficient (Wildman–Crippen LogP) is 2.86. The Balaban J connectivity index is 1.93. The van der Waals surface area contributed by atoms with Crippen molar-refractivity contribution in [2.24, 2.45) is 0 Å². The molecule has 22 heavy (non-hydrogen) atoms. The topological polar surface area (TPSA) is 57.6 Å². The zero-order chi connectivity index (χ0) is 15.7. The number of phenols is 1. The lowest BCUT2D eigenvalue weighted by Crippen LogP contribution is -2.26.